The van der Waals surface area contributed by atoms with Gasteiger partial charge in [0.05, 0.1) is 10.6 Å². The second-order valence-electron chi connectivity index (χ2n) is 8.90. The molecule has 37 heavy (non-hydrogen) atoms. The van der Waals surface area contributed by atoms with E-state index in [0.29, 0.717) is 10.1 Å². The van der Waals surface area contributed by atoms with E-state index < -0.39 is 50.6 Å². The highest BCUT2D eigenvalue weighted by Gasteiger charge is 2.55. The van der Waals surface area contributed by atoms with Crippen LogP contribution in [0.2, 0.25) is 0 Å². The van der Waals surface area contributed by atoms with E-state index in [0.717, 1.165) is 12.5 Å². The molecule has 200 valence electrons. The number of carbonyl (C=O) groups is 3. The van der Waals surface area contributed by atoms with E-state index in [2.05, 4.69) is 5.32 Å². The van der Waals surface area contributed by atoms with Gasteiger partial charge in [-0.3, -0.25) is 10.1 Å². The lowest BCUT2D eigenvalue weighted by Crippen LogP contribution is -2.66. The van der Waals surface area contributed by atoms with Gasteiger partial charge < -0.3 is 19.3 Å². The number of carbonyl (C=O) groups excluding carboxylic acids is 2. The van der Waals surface area contributed by atoms with Crippen molar-refractivity contribution in [3.8, 4) is 5.75 Å². The molecule has 0 bridgehead atoms. The normalized spacial score (nSPS) is 19.4. The van der Waals surface area contributed by atoms with E-state index in [1.807, 2.05) is 0 Å². The number of carboxylic acid groups (broad SMARTS) is 1. The second-order valence-corrected chi connectivity index (χ2v) is 12.3. The van der Waals surface area contributed by atoms with Crippen LogP contribution >= 0.6 is 0 Å². The molecule has 2 N–H and O–H groups in total. The van der Waals surface area contributed by atoms with Crippen LogP contribution in [-0.2, 0) is 30.8 Å². The van der Waals surface area contributed by atoms with Crippen molar-refractivity contribution in [2.24, 2.45) is 0 Å². The predicted octanol–water partition coefficient (Wildman–Crippen LogP) is 1.38. The molecule has 0 aliphatic carbocycles. The molecule has 1 fully saturated rings. The smallest absolute Gasteiger partial charge is 0.414 e. The predicted molar refractivity (Wildman–Crippen MR) is 138 cm³/mol. The molecule has 1 amide bonds. The zero-order chi connectivity index (χ0) is 27.5. The number of carboxylic acids is 1. The van der Waals surface area contributed by atoms with E-state index >= 15 is 0 Å². The summed E-state index contributed by atoms with van der Waals surface area (Å²) in [5.41, 5.74) is -1.96. The lowest BCUT2D eigenvalue weighted by atomic mass is 9.91. The van der Waals surface area contributed by atoms with Crippen molar-refractivity contribution in [1.82, 2.24) is 10.2 Å². The molecule has 11 nitrogen and oxygen atoms in total. The first-order valence-electron chi connectivity index (χ1n) is 11.3. The van der Waals surface area contributed by atoms with Gasteiger partial charge in [0.2, 0.25) is 5.54 Å². The summed E-state index contributed by atoms with van der Waals surface area (Å²) in [4.78, 5) is 39.3. The van der Waals surface area contributed by atoms with Crippen molar-refractivity contribution in [1.29, 1.82) is 0 Å². The Morgan fingerprint density at radius 1 is 1.11 bits per heavy atom. The van der Waals surface area contributed by atoms with Crippen molar-refractivity contribution >= 4 is 44.7 Å². The summed E-state index contributed by atoms with van der Waals surface area (Å²) in [7, 11) is -1.63. The van der Waals surface area contributed by atoms with Gasteiger partial charge in [0.1, 0.15) is 23.3 Å². The number of hydrogen-bond acceptors (Lipinski definition) is 8. The minimum atomic E-state index is -4.61. The molecule has 1 heterocycles. The quantitative estimate of drug-likeness (QED) is 0.365. The topological polar surface area (TPSA) is 156 Å². The first-order valence-corrected chi connectivity index (χ1v) is 14.2. The number of aryl methyl sites for hydroxylation is 1. The van der Waals surface area contributed by atoms with Gasteiger partial charge in [0, 0.05) is 20.6 Å². The summed E-state index contributed by atoms with van der Waals surface area (Å²) in [5, 5.41) is 13.2. The molecule has 0 spiro atoms. The Balaban J connectivity index is 2.16. The standard InChI is InChI=1S/C24H29N3O8S2/c1-16-5-11-19(12-6-16)37(33,34)27(17-7-9-18(10-8-17)35-23(31)26(3)4)24(2,22(29)30)21(28)20-15-36(32)14-13-25-20/h5-12,20,25H,13-15H2,1-4H3,(H,29,30)/t20?,24-,36?/m1/s1. The SMILES string of the molecule is Cc1ccc(S(=O)(=O)N(c2ccc(OC(=O)N(C)C)cc2)[C@@](C)(C(=O)O)C(=O)C2C[S+]([O-])CCN2)cc1. The van der Waals surface area contributed by atoms with Crippen LogP contribution in [0.3, 0.4) is 0 Å². The third kappa shape index (κ3) is 5.90. The zero-order valence-electron chi connectivity index (χ0n) is 20.8. The maximum Gasteiger partial charge on any atom is 0.414 e. The number of rotatable bonds is 8. The zero-order valence-corrected chi connectivity index (χ0v) is 22.5. The number of nitrogens with zero attached hydrogens (tertiary/aromatic N) is 2. The summed E-state index contributed by atoms with van der Waals surface area (Å²) in [6.45, 7) is 3.00. The van der Waals surface area contributed by atoms with Crippen molar-refractivity contribution in [3.63, 3.8) is 0 Å². The summed E-state index contributed by atoms with van der Waals surface area (Å²) < 4.78 is 45.7. The van der Waals surface area contributed by atoms with E-state index in [4.69, 9.17) is 4.74 Å². The number of ketones is 1. The van der Waals surface area contributed by atoms with Crippen LogP contribution in [0.1, 0.15) is 12.5 Å². The van der Waals surface area contributed by atoms with Crippen LogP contribution in [0, 0.1) is 6.92 Å². The molecule has 1 saturated heterocycles. The van der Waals surface area contributed by atoms with Crippen molar-refractivity contribution in [2.45, 2.75) is 30.3 Å². The Morgan fingerprint density at radius 2 is 1.70 bits per heavy atom. The molecular formula is C24H29N3O8S2. The van der Waals surface area contributed by atoms with Crippen LogP contribution in [0.4, 0.5) is 10.5 Å². The van der Waals surface area contributed by atoms with Crippen LogP contribution in [-0.4, -0.2) is 84.5 Å². The fraction of sp³-hybridized carbons (Fsp3) is 0.375. The highest BCUT2D eigenvalue weighted by atomic mass is 32.2. The number of nitrogens with one attached hydrogen (secondary N) is 1. The molecule has 1 aliphatic heterocycles. The molecular weight excluding hydrogens is 522 g/mol. The van der Waals surface area contributed by atoms with Gasteiger partial charge >= 0.3 is 12.1 Å². The summed E-state index contributed by atoms with van der Waals surface area (Å²) in [6, 6.07) is 9.74. The van der Waals surface area contributed by atoms with E-state index in [-0.39, 0.29) is 28.6 Å². The third-order valence-electron chi connectivity index (χ3n) is 5.89. The molecule has 2 aromatic carbocycles. The molecule has 2 unspecified atom stereocenters. The number of Topliss-reactive ketones (excluding diaryl/α,β-unsaturated/α-hetero) is 1. The summed E-state index contributed by atoms with van der Waals surface area (Å²) >= 11 is -1.37. The van der Waals surface area contributed by atoms with Gasteiger partial charge in [-0.15, -0.1) is 0 Å². The maximum atomic E-state index is 13.9. The third-order valence-corrected chi connectivity index (χ3v) is 9.18. The molecule has 3 atom stereocenters. The van der Waals surface area contributed by atoms with Gasteiger partial charge in [-0.1, -0.05) is 28.9 Å². The summed E-state index contributed by atoms with van der Waals surface area (Å²) in [5.74, 6) is -2.41. The van der Waals surface area contributed by atoms with Crippen LogP contribution in [0.5, 0.6) is 5.75 Å². The van der Waals surface area contributed by atoms with Crippen LogP contribution in [0.15, 0.2) is 53.4 Å². The molecule has 0 radical (unpaired) electrons. The molecule has 0 saturated carbocycles. The average Bonchev–Trinajstić information content (AvgIpc) is 2.84. The number of anilines is 1. The number of ether oxygens (including phenoxy) is 1. The number of benzene rings is 2. The number of amides is 1. The minimum absolute atomic E-state index is 0.0860. The van der Waals surface area contributed by atoms with Crippen molar-refractivity contribution in [3.05, 3.63) is 54.1 Å². The molecule has 0 aromatic heterocycles. The van der Waals surface area contributed by atoms with Crippen molar-refractivity contribution in [2.75, 3.05) is 36.5 Å². The van der Waals surface area contributed by atoms with Gasteiger partial charge in [-0.2, -0.15) is 0 Å². The second kappa shape index (κ2) is 11.1. The van der Waals surface area contributed by atoms with Gasteiger partial charge in [-0.25, -0.2) is 22.3 Å². The Bertz CT molecular complexity index is 1270. The van der Waals surface area contributed by atoms with E-state index in [1.165, 1.54) is 55.4 Å². The fourth-order valence-corrected chi connectivity index (χ4v) is 6.66. The molecule has 1 aliphatic rings. The van der Waals surface area contributed by atoms with Crippen LogP contribution in [0.25, 0.3) is 0 Å². The van der Waals surface area contributed by atoms with Gasteiger partial charge in [0.25, 0.3) is 10.0 Å². The average molecular weight is 552 g/mol. The number of hydrogen-bond donors (Lipinski definition) is 2. The van der Waals surface area contributed by atoms with E-state index in [9.17, 15) is 32.5 Å². The molecule has 3 rings (SSSR count). The fourth-order valence-electron chi connectivity index (χ4n) is 3.77. The van der Waals surface area contributed by atoms with Crippen molar-refractivity contribution < 1.29 is 37.2 Å². The number of sulfonamides is 1. The van der Waals surface area contributed by atoms with Crippen LogP contribution < -0.4 is 14.4 Å². The largest absolute Gasteiger partial charge is 0.616 e. The monoisotopic (exact) mass is 551 g/mol. The first-order chi connectivity index (χ1) is 17.3. The highest BCUT2D eigenvalue weighted by Crippen LogP contribution is 2.35. The molecule has 2 aromatic rings. The Morgan fingerprint density at radius 3 is 2.22 bits per heavy atom. The lowest BCUT2D eigenvalue weighted by Gasteiger charge is -2.39. The minimum Gasteiger partial charge on any atom is -0.616 e. The molecule has 13 heteroatoms. The first kappa shape index (κ1) is 28.4. The lowest BCUT2D eigenvalue weighted by molar-refractivity contribution is -0.147. The Hall–Kier alpha value is -3.13. The summed E-state index contributed by atoms with van der Waals surface area (Å²) in [6.07, 6.45) is -0.668. The van der Waals surface area contributed by atoms with E-state index in [1.54, 1.807) is 19.1 Å². The Kier molecular flexibility index (Phi) is 8.52. The Labute approximate surface area is 218 Å². The van der Waals surface area contributed by atoms with Gasteiger partial charge in [-0.05, 0) is 50.2 Å². The number of aliphatic carboxylic acids is 1. The maximum absolute atomic E-state index is 13.9. The van der Waals surface area contributed by atoms with Gasteiger partial charge in [0.15, 0.2) is 5.78 Å². The highest BCUT2D eigenvalue weighted by molar-refractivity contribution is 7.93.